The van der Waals surface area contributed by atoms with Gasteiger partial charge in [0.1, 0.15) is 5.76 Å². The molecule has 21 heavy (non-hydrogen) atoms. The number of carbonyl (C=O) groups excluding carboxylic acids is 2. The average Bonchev–Trinajstić information content (AvgIpc) is 3.03. The lowest BCUT2D eigenvalue weighted by Gasteiger charge is -2.17. The number of aryl methyl sites for hydroxylation is 1. The van der Waals surface area contributed by atoms with Crippen molar-refractivity contribution in [3.8, 4) is 5.88 Å². The number of methoxy groups -OCH3 is 1. The SMILES string of the molecule is COc1cc(CCC(=O)N[C@H]2CN(C)C[C@H]2C(N)=O)on1. The molecule has 8 heteroatoms. The van der Waals surface area contributed by atoms with E-state index >= 15 is 0 Å². The number of hydrogen-bond donors (Lipinski definition) is 2. The van der Waals surface area contributed by atoms with Gasteiger partial charge >= 0.3 is 0 Å². The Morgan fingerprint density at radius 1 is 1.57 bits per heavy atom. The van der Waals surface area contributed by atoms with E-state index in [1.807, 2.05) is 11.9 Å². The minimum absolute atomic E-state index is 0.142. The number of likely N-dealkylation sites (tertiary alicyclic amines) is 1. The summed E-state index contributed by atoms with van der Waals surface area (Å²) in [7, 11) is 3.39. The van der Waals surface area contributed by atoms with Gasteiger partial charge in [0.05, 0.1) is 19.1 Å². The number of primary amides is 1. The van der Waals surface area contributed by atoms with Crippen LogP contribution in [0.2, 0.25) is 0 Å². The zero-order chi connectivity index (χ0) is 15.4. The second-order valence-electron chi connectivity index (χ2n) is 5.24. The van der Waals surface area contributed by atoms with Gasteiger partial charge in [0, 0.05) is 32.0 Å². The number of carbonyl (C=O) groups is 2. The van der Waals surface area contributed by atoms with Crippen LogP contribution in [0.3, 0.4) is 0 Å². The Morgan fingerprint density at radius 2 is 2.33 bits per heavy atom. The lowest BCUT2D eigenvalue weighted by atomic mass is 10.0. The van der Waals surface area contributed by atoms with Crippen LogP contribution in [0.15, 0.2) is 10.6 Å². The Balaban J connectivity index is 1.82. The highest BCUT2D eigenvalue weighted by Crippen LogP contribution is 2.16. The van der Waals surface area contributed by atoms with Crippen molar-refractivity contribution in [3.05, 3.63) is 11.8 Å². The number of hydrogen-bond acceptors (Lipinski definition) is 6. The van der Waals surface area contributed by atoms with Crippen LogP contribution in [0.5, 0.6) is 5.88 Å². The summed E-state index contributed by atoms with van der Waals surface area (Å²) >= 11 is 0. The Labute approximate surface area is 122 Å². The van der Waals surface area contributed by atoms with E-state index in [1.165, 1.54) is 7.11 Å². The third-order valence-corrected chi connectivity index (χ3v) is 3.56. The molecular weight excluding hydrogens is 276 g/mol. The van der Waals surface area contributed by atoms with Gasteiger partial charge in [-0.3, -0.25) is 9.59 Å². The van der Waals surface area contributed by atoms with E-state index in [4.69, 9.17) is 15.0 Å². The van der Waals surface area contributed by atoms with Crippen molar-refractivity contribution in [2.24, 2.45) is 11.7 Å². The molecule has 0 unspecified atom stereocenters. The van der Waals surface area contributed by atoms with Crippen molar-refractivity contribution >= 4 is 11.8 Å². The number of likely N-dealkylation sites (N-methyl/N-ethyl adjacent to an activating group) is 1. The van der Waals surface area contributed by atoms with Crippen LogP contribution in [-0.2, 0) is 16.0 Å². The standard InChI is InChI=1S/C13H20N4O4/c1-17-6-9(13(14)19)10(7-17)15-11(18)4-3-8-5-12(20-2)16-21-8/h5,9-10H,3-4,6-7H2,1-2H3,(H2,14,19)(H,15,18)/t9-,10+/m1/s1. The number of ether oxygens (including phenoxy) is 1. The number of amides is 2. The smallest absolute Gasteiger partial charge is 0.254 e. The number of nitrogens with zero attached hydrogens (tertiary/aromatic N) is 2. The summed E-state index contributed by atoms with van der Waals surface area (Å²) in [4.78, 5) is 25.3. The van der Waals surface area contributed by atoms with Crippen molar-refractivity contribution in [2.75, 3.05) is 27.2 Å². The molecule has 1 aromatic rings. The molecule has 2 amide bonds. The molecule has 1 aromatic heterocycles. The fourth-order valence-electron chi connectivity index (χ4n) is 2.46. The van der Waals surface area contributed by atoms with Crippen LogP contribution < -0.4 is 15.8 Å². The van der Waals surface area contributed by atoms with Crippen LogP contribution in [0.25, 0.3) is 0 Å². The van der Waals surface area contributed by atoms with E-state index in [9.17, 15) is 9.59 Å². The molecule has 1 fully saturated rings. The first-order valence-corrected chi connectivity index (χ1v) is 6.76. The van der Waals surface area contributed by atoms with Gasteiger partial charge in [0.25, 0.3) is 5.88 Å². The molecule has 0 spiro atoms. The van der Waals surface area contributed by atoms with Gasteiger partial charge in [-0.25, -0.2) is 0 Å². The Bertz CT molecular complexity index is 516. The molecule has 8 nitrogen and oxygen atoms in total. The van der Waals surface area contributed by atoms with E-state index in [2.05, 4.69) is 10.5 Å². The first kappa shape index (κ1) is 15.3. The van der Waals surface area contributed by atoms with Gasteiger partial charge in [0.15, 0.2) is 0 Å². The molecule has 3 N–H and O–H groups in total. The van der Waals surface area contributed by atoms with Gasteiger partial charge in [0.2, 0.25) is 11.8 Å². The number of rotatable bonds is 6. The second kappa shape index (κ2) is 6.57. The van der Waals surface area contributed by atoms with Crippen LogP contribution in [-0.4, -0.2) is 55.2 Å². The zero-order valence-electron chi connectivity index (χ0n) is 12.2. The third-order valence-electron chi connectivity index (χ3n) is 3.56. The van der Waals surface area contributed by atoms with Gasteiger partial charge in [-0.2, -0.15) is 0 Å². The lowest BCUT2D eigenvalue weighted by molar-refractivity contribution is -0.124. The Kier molecular flexibility index (Phi) is 4.79. The maximum Gasteiger partial charge on any atom is 0.254 e. The summed E-state index contributed by atoms with van der Waals surface area (Å²) in [6.45, 7) is 1.19. The zero-order valence-corrected chi connectivity index (χ0v) is 12.2. The molecule has 0 saturated carbocycles. The molecule has 2 heterocycles. The monoisotopic (exact) mass is 296 g/mol. The van der Waals surface area contributed by atoms with E-state index in [0.717, 1.165) is 0 Å². The van der Waals surface area contributed by atoms with Gasteiger partial charge in [-0.05, 0) is 12.2 Å². The summed E-state index contributed by atoms with van der Waals surface area (Å²) in [6.07, 6.45) is 0.677. The maximum atomic E-state index is 11.9. The minimum Gasteiger partial charge on any atom is -0.479 e. The number of nitrogens with one attached hydrogen (secondary N) is 1. The summed E-state index contributed by atoms with van der Waals surface area (Å²) in [6, 6.07) is 1.41. The van der Waals surface area contributed by atoms with Crippen LogP contribution in [0.4, 0.5) is 0 Å². The lowest BCUT2D eigenvalue weighted by Crippen LogP contribution is -2.44. The predicted octanol–water partition coefficient (Wildman–Crippen LogP) is -0.852. The normalized spacial score (nSPS) is 22.2. The topological polar surface area (TPSA) is 111 Å². The van der Waals surface area contributed by atoms with Gasteiger partial charge in [-0.1, -0.05) is 0 Å². The second-order valence-corrected chi connectivity index (χ2v) is 5.24. The predicted molar refractivity (Wildman–Crippen MR) is 73.5 cm³/mol. The molecule has 2 atom stereocenters. The highest BCUT2D eigenvalue weighted by Gasteiger charge is 2.35. The third kappa shape index (κ3) is 3.94. The molecule has 0 bridgehead atoms. The first-order valence-electron chi connectivity index (χ1n) is 6.76. The average molecular weight is 296 g/mol. The molecule has 116 valence electrons. The fourth-order valence-corrected chi connectivity index (χ4v) is 2.46. The van der Waals surface area contributed by atoms with Crippen molar-refractivity contribution in [2.45, 2.75) is 18.9 Å². The molecule has 0 aromatic carbocycles. The summed E-state index contributed by atoms with van der Waals surface area (Å²) in [5.74, 6) is 0.0967. The number of nitrogens with two attached hydrogens (primary N) is 1. The first-order chi connectivity index (χ1) is 9.99. The molecule has 0 aliphatic carbocycles. The fraction of sp³-hybridized carbons (Fsp3) is 0.615. The highest BCUT2D eigenvalue weighted by atomic mass is 16.5. The van der Waals surface area contributed by atoms with Crippen LogP contribution in [0.1, 0.15) is 12.2 Å². The van der Waals surface area contributed by atoms with Crippen molar-refractivity contribution in [3.63, 3.8) is 0 Å². The summed E-state index contributed by atoms with van der Waals surface area (Å²) < 4.78 is 9.91. The molecule has 1 saturated heterocycles. The molecule has 1 aliphatic heterocycles. The summed E-state index contributed by atoms with van der Waals surface area (Å²) in [5, 5.41) is 6.52. The number of aromatic nitrogens is 1. The van der Waals surface area contributed by atoms with E-state index in [0.29, 0.717) is 31.2 Å². The van der Waals surface area contributed by atoms with E-state index in [-0.39, 0.29) is 30.2 Å². The Morgan fingerprint density at radius 3 is 2.95 bits per heavy atom. The van der Waals surface area contributed by atoms with Gasteiger partial charge < -0.3 is 25.2 Å². The molecule has 0 radical (unpaired) electrons. The van der Waals surface area contributed by atoms with Crippen molar-refractivity contribution < 1.29 is 18.8 Å². The van der Waals surface area contributed by atoms with Crippen molar-refractivity contribution in [1.29, 1.82) is 0 Å². The molecule has 2 rings (SSSR count). The molecule has 1 aliphatic rings. The highest BCUT2D eigenvalue weighted by molar-refractivity contribution is 5.81. The maximum absolute atomic E-state index is 11.9. The van der Waals surface area contributed by atoms with Crippen LogP contribution in [0, 0.1) is 5.92 Å². The molecular formula is C13H20N4O4. The summed E-state index contributed by atoms with van der Waals surface area (Å²) in [5.41, 5.74) is 5.36. The van der Waals surface area contributed by atoms with Crippen LogP contribution >= 0.6 is 0 Å². The van der Waals surface area contributed by atoms with E-state index < -0.39 is 0 Å². The largest absolute Gasteiger partial charge is 0.479 e. The quantitative estimate of drug-likeness (QED) is 0.707. The van der Waals surface area contributed by atoms with E-state index in [1.54, 1.807) is 6.07 Å². The Hall–Kier alpha value is -2.09. The van der Waals surface area contributed by atoms with Crippen molar-refractivity contribution in [1.82, 2.24) is 15.4 Å². The van der Waals surface area contributed by atoms with Gasteiger partial charge in [-0.15, -0.1) is 0 Å². The minimum atomic E-state index is -0.385.